The van der Waals surface area contributed by atoms with E-state index in [0.717, 1.165) is 0 Å². The van der Waals surface area contributed by atoms with Crippen LogP contribution < -0.4 is 5.32 Å². The molecule has 11 heteroatoms. The Labute approximate surface area is 272 Å². The van der Waals surface area contributed by atoms with E-state index in [9.17, 15) is 29.7 Å². The zero-order valence-corrected chi connectivity index (χ0v) is 28.4. The molecule has 4 N–H and O–H groups in total. The van der Waals surface area contributed by atoms with Gasteiger partial charge in [0, 0.05) is 68.6 Å². The number of hydrogen-bond donors (Lipinski definition) is 4. The molecule has 1 unspecified atom stereocenters. The van der Waals surface area contributed by atoms with Gasteiger partial charge in [-0.1, -0.05) is 52.5 Å². The second-order valence-corrected chi connectivity index (χ2v) is 13.3. The number of amides is 1. The lowest BCUT2D eigenvalue weighted by Gasteiger charge is -2.55. The summed E-state index contributed by atoms with van der Waals surface area (Å²) in [7, 11) is 1.49. The third-order valence-corrected chi connectivity index (χ3v) is 10.0. The summed E-state index contributed by atoms with van der Waals surface area (Å²) >= 11 is 0. The van der Waals surface area contributed by atoms with Crippen LogP contribution >= 0.6 is 0 Å². The number of aliphatic hydroxyl groups is 3. The van der Waals surface area contributed by atoms with Crippen LogP contribution in [0.1, 0.15) is 68.2 Å². The van der Waals surface area contributed by atoms with Crippen molar-refractivity contribution >= 4 is 17.7 Å². The molecular weight excluding hydrogens is 594 g/mol. The molecule has 0 saturated heterocycles. The van der Waals surface area contributed by atoms with Crippen LogP contribution in [-0.4, -0.2) is 75.8 Å². The van der Waals surface area contributed by atoms with Crippen LogP contribution in [0.3, 0.4) is 0 Å². The van der Waals surface area contributed by atoms with Gasteiger partial charge in [-0.25, -0.2) is 0 Å². The summed E-state index contributed by atoms with van der Waals surface area (Å²) in [6, 6.07) is 0. The maximum atomic E-state index is 13.5. The van der Waals surface area contributed by atoms with E-state index in [4.69, 9.17) is 18.9 Å². The molecule has 11 atom stereocenters. The fraction of sp³-hybridized carbons (Fsp3) is 0.629. The van der Waals surface area contributed by atoms with Crippen molar-refractivity contribution in [3.63, 3.8) is 0 Å². The number of nitrogens with one attached hydrogen (secondary N) is 1. The van der Waals surface area contributed by atoms with Crippen LogP contribution in [0, 0.1) is 29.6 Å². The maximum absolute atomic E-state index is 13.5. The highest BCUT2D eigenvalue weighted by Gasteiger charge is 2.66. The fourth-order valence-corrected chi connectivity index (χ4v) is 6.73. The van der Waals surface area contributed by atoms with Gasteiger partial charge in [0.25, 0.3) is 5.79 Å². The second kappa shape index (κ2) is 14.6. The van der Waals surface area contributed by atoms with Crippen molar-refractivity contribution in [2.75, 3.05) is 7.11 Å². The Morgan fingerprint density at radius 2 is 1.72 bits per heavy atom. The fourth-order valence-electron chi connectivity index (χ4n) is 6.73. The Kier molecular flexibility index (Phi) is 11.7. The number of ketones is 1. The molecule has 0 radical (unpaired) electrons. The summed E-state index contributed by atoms with van der Waals surface area (Å²) in [5.74, 6) is -5.62. The summed E-state index contributed by atoms with van der Waals surface area (Å²) in [5, 5.41) is 36.3. The minimum atomic E-state index is -1.52. The number of methoxy groups -OCH3 is 1. The zero-order valence-electron chi connectivity index (χ0n) is 28.4. The molecule has 256 valence electrons. The molecule has 0 aromatic carbocycles. The van der Waals surface area contributed by atoms with Gasteiger partial charge in [0.1, 0.15) is 23.2 Å². The number of aliphatic hydroxyl groups excluding tert-OH is 3. The number of carbonyl (C=O) groups excluding carboxylic acids is 3. The van der Waals surface area contributed by atoms with E-state index in [1.807, 2.05) is 6.92 Å². The van der Waals surface area contributed by atoms with E-state index in [2.05, 4.69) is 11.9 Å². The lowest BCUT2D eigenvalue weighted by molar-refractivity contribution is -0.238. The highest BCUT2D eigenvalue weighted by molar-refractivity contribution is 6.03. The second-order valence-electron chi connectivity index (χ2n) is 13.3. The Balaban J connectivity index is 2.16. The number of rotatable bonds is 2. The number of allylic oxidation sites excluding steroid dienone is 3. The Morgan fingerprint density at radius 3 is 2.30 bits per heavy atom. The molecule has 1 fully saturated rings. The van der Waals surface area contributed by atoms with Gasteiger partial charge in [0.05, 0.1) is 30.5 Å². The minimum absolute atomic E-state index is 0.00845. The van der Waals surface area contributed by atoms with E-state index < -0.39 is 77.2 Å². The normalized spacial score (nSPS) is 42.3. The molecule has 46 heavy (non-hydrogen) atoms. The zero-order chi connectivity index (χ0) is 34.7. The Hall–Kier alpha value is -3.41. The van der Waals surface area contributed by atoms with Crippen molar-refractivity contribution in [1.29, 1.82) is 0 Å². The van der Waals surface area contributed by atoms with Gasteiger partial charge in [-0.3, -0.25) is 14.4 Å². The molecule has 2 aliphatic heterocycles. The minimum Gasteiger partial charge on any atom is -0.512 e. The van der Waals surface area contributed by atoms with Crippen molar-refractivity contribution in [1.82, 2.24) is 5.32 Å². The lowest BCUT2D eigenvalue weighted by atomic mass is 9.59. The molecule has 2 bridgehead atoms. The first-order chi connectivity index (χ1) is 21.4. The summed E-state index contributed by atoms with van der Waals surface area (Å²) in [6.45, 7) is 17.2. The van der Waals surface area contributed by atoms with Crippen molar-refractivity contribution in [3.05, 3.63) is 59.8 Å². The average Bonchev–Trinajstić information content (AvgIpc) is 3.00. The van der Waals surface area contributed by atoms with E-state index in [1.54, 1.807) is 65.8 Å². The first kappa shape index (κ1) is 37.1. The molecule has 3 rings (SSSR count). The quantitative estimate of drug-likeness (QED) is 0.321. The molecule has 3 aliphatic rings. The lowest BCUT2D eigenvalue weighted by Crippen LogP contribution is -2.73. The summed E-state index contributed by atoms with van der Waals surface area (Å²) in [4.78, 5) is 39.0. The van der Waals surface area contributed by atoms with Gasteiger partial charge < -0.3 is 39.6 Å². The molecule has 0 aromatic heterocycles. The van der Waals surface area contributed by atoms with Crippen LogP contribution in [0.4, 0.5) is 0 Å². The number of hydrogen-bond acceptors (Lipinski definition) is 10. The molecule has 0 aromatic rings. The van der Waals surface area contributed by atoms with Gasteiger partial charge >= 0.3 is 5.97 Å². The topological polar surface area (TPSA) is 161 Å². The first-order valence-corrected chi connectivity index (χ1v) is 15.8. The van der Waals surface area contributed by atoms with E-state index >= 15 is 0 Å². The maximum Gasteiger partial charge on any atom is 0.302 e. The van der Waals surface area contributed by atoms with E-state index in [1.165, 1.54) is 20.3 Å². The van der Waals surface area contributed by atoms with Crippen molar-refractivity contribution in [2.45, 2.75) is 104 Å². The molecule has 1 saturated carbocycles. The average molecular weight is 646 g/mol. The smallest absolute Gasteiger partial charge is 0.302 e. The number of carbonyl (C=O) groups is 3. The number of Topliss-reactive ketones (excluding diaryl/α,β-unsaturated/α-hetero) is 1. The van der Waals surface area contributed by atoms with Crippen LogP contribution in [0.15, 0.2) is 59.8 Å². The molecule has 1 amide bonds. The van der Waals surface area contributed by atoms with Gasteiger partial charge in [0.15, 0.2) is 5.78 Å². The molecular formula is C35H51NO10. The van der Waals surface area contributed by atoms with Gasteiger partial charge in [-0.2, -0.15) is 0 Å². The third-order valence-electron chi connectivity index (χ3n) is 10.0. The van der Waals surface area contributed by atoms with Gasteiger partial charge in [-0.05, 0) is 19.9 Å². The first-order valence-electron chi connectivity index (χ1n) is 15.8. The van der Waals surface area contributed by atoms with Crippen LogP contribution in [-0.2, 0) is 33.3 Å². The molecule has 1 aliphatic carbocycles. The predicted molar refractivity (Wildman–Crippen MR) is 171 cm³/mol. The predicted octanol–water partition coefficient (Wildman–Crippen LogP) is 4.17. The molecule has 2 heterocycles. The van der Waals surface area contributed by atoms with Crippen molar-refractivity contribution in [3.8, 4) is 0 Å². The Morgan fingerprint density at radius 1 is 1.07 bits per heavy atom. The van der Waals surface area contributed by atoms with Gasteiger partial charge in [-0.15, -0.1) is 0 Å². The number of ether oxygens (including phenoxy) is 4. The summed E-state index contributed by atoms with van der Waals surface area (Å²) in [5.41, 5.74) is -0.917. The SMILES string of the molecule is C=C1O[C@]2(C)O/C=C/[C@H](OC)[C@@H](C)[C@@H](OC(C)=O)[C@H](C)[C@H](O)[C@H](C)[C@@H](O)[C@@H](C)/C=C/C=C(/C)C(=O)N[C@]3(CC(O)=C1C)C(=O)CC23. The highest BCUT2D eigenvalue weighted by Crippen LogP contribution is 2.51. The number of esters is 1. The summed E-state index contributed by atoms with van der Waals surface area (Å²) in [6.07, 6.45) is 4.28. The van der Waals surface area contributed by atoms with Crippen LogP contribution in [0.5, 0.6) is 0 Å². The van der Waals surface area contributed by atoms with Crippen molar-refractivity contribution in [2.24, 2.45) is 29.6 Å². The van der Waals surface area contributed by atoms with Crippen LogP contribution in [0.2, 0.25) is 0 Å². The largest absolute Gasteiger partial charge is 0.512 e. The molecule has 0 spiro atoms. The third kappa shape index (κ3) is 7.42. The monoisotopic (exact) mass is 645 g/mol. The van der Waals surface area contributed by atoms with Crippen LogP contribution in [0.25, 0.3) is 0 Å². The van der Waals surface area contributed by atoms with Crippen molar-refractivity contribution < 1.29 is 48.7 Å². The van der Waals surface area contributed by atoms with E-state index in [0.29, 0.717) is 5.57 Å². The van der Waals surface area contributed by atoms with E-state index in [-0.39, 0.29) is 35.7 Å². The molecule has 11 nitrogen and oxygen atoms in total. The highest BCUT2D eigenvalue weighted by atomic mass is 16.7. The Bertz CT molecular complexity index is 1320. The summed E-state index contributed by atoms with van der Waals surface area (Å²) < 4.78 is 23.9. The van der Waals surface area contributed by atoms with Gasteiger partial charge in [0.2, 0.25) is 5.91 Å². The standard InChI is InChI=1S/C35H51NO10/c1-18-12-11-13-19(2)33(42)36-35-17-26(38)20(3)24(7)46-34(9,28(35)16-29(35)39)44-15-14-27(43-10)21(4)32(45-25(8)37)23(6)31(41)22(5)30(18)40/h11-15,18,21-23,27-28,30-32,38,40-41H,7,16-17H2,1-6,8-10H3,(H,36,42)/b12-11+,15-14+,19-13-,26-20?/t18-,21+,22+,23+,27-,28?,30-,31+,32+,34-,35-/m0/s1.